The molecule has 0 atom stereocenters. The molecule has 1 aromatic carbocycles. The van der Waals surface area contributed by atoms with Gasteiger partial charge in [-0.25, -0.2) is 4.98 Å². The van der Waals surface area contributed by atoms with E-state index in [1.807, 2.05) is 17.0 Å². The largest absolute Gasteiger partial charge is 0.336 e. The van der Waals surface area contributed by atoms with Crippen LogP contribution in [0.5, 0.6) is 0 Å². The molecule has 5 heteroatoms. The first-order valence-electron chi connectivity index (χ1n) is 11.6. The Morgan fingerprint density at radius 1 is 1.07 bits per heavy atom. The molecule has 2 heterocycles. The fraction of sp³-hybridized carbons (Fsp3) is 0.600. The molecule has 0 spiro atoms. The topological polar surface area (TPSA) is 50.2 Å². The van der Waals surface area contributed by atoms with Gasteiger partial charge in [0.1, 0.15) is 5.82 Å². The molecular formula is C25H36N4O. The summed E-state index contributed by atoms with van der Waals surface area (Å²) in [5.74, 6) is 2.05. The molecule has 1 aliphatic heterocycles. The third-order valence-electron chi connectivity index (χ3n) is 6.46. The van der Waals surface area contributed by atoms with Gasteiger partial charge in [0.25, 0.3) is 5.91 Å². The minimum atomic E-state index is 0.00508. The summed E-state index contributed by atoms with van der Waals surface area (Å²) in [6, 6.07) is 8.01. The lowest BCUT2D eigenvalue weighted by atomic mass is 9.88. The van der Waals surface area contributed by atoms with Gasteiger partial charge in [0, 0.05) is 55.5 Å². The van der Waals surface area contributed by atoms with Crippen molar-refractivity contribution in [2.24, 2.45) is 5.92 Å². The zero-order valence-electron chi connectivity index (χ0n) is 18.8. The van der Waals surface area contributed by atoms with E-state index in [9.17, 15) is 4.79 Å². The van der Waals surface area contributed by atoms with Gasteiger partial charge in [-0.2, -0.15) is 0 Å². The highest BCUT2D eigenvalue weighted by molar-refractivity contribution is 5.94. The van der Waals surface area contributed by atoms with E-state index >= 15 is 0 Å². The monoisotopic (exact) mass is 408 g/mol. The maximum absolute atomic E-state index is 12.7. The van der Waals surface area contributed by atoms with Crippen LogP contribution in [-0.4, -0.2) is 46.5 Å². The first-order chi connectivity index (χ1) is 14.4. The summed E-state index contributed by atoms with van der Waals surface area (Å²) in [6.07, 6.45) is 9.00. The zero-order chi connectivity index (χ0) is 21.1. The van der Waals surface area contributed by atoms with Gasteiger partial charge in [-0.15, -0.1) is 0 Å². The van der Waals surface area contributed by atoms with Crippen LogP contribution in [0.1, 0.15) is 69.1 Å². The molecule has 30 heavy (non-hydrogen) atoms. The first-order valence-corrected chi connectivity index (χ1v) is 11.6. The maximum Gasteiger partial charge on any atom is 0.253 e. The van der Waals surface area contributed by atoms with E-state index in [1.54, 1.807) is 0 Å². The standard InChI is InChI=1S/C25H36N4O/c1-25(2,3)24-27-22(18-29(24)17-19-7-5-4-6-8-19)20-9-11-21(12-10-20)23(30)28-15-13-26-14-16-28/h9-12,18-19,26H,4-8,13-17H2,1-3H3. The molecule has 0 unspecified atom stereocenters. The highest BCUT2D eigenvalue weighted by Crippen LogP contribution is 2.30. The average Bonchev–Trinajstić information content (AvgIpc) is 3.19. The van der Waals surface area contributed by atoms with E-state index < -0.39 is 0 Å². The molecule has 2 aliphatic rings. The van der Waals surface area contributed by atoms with Crippen LogP contribution >= 0.6 is 0 Å². The number of nitrogens with zero attached hydrogens (tertiary/aromatic N) is 3. The summed E-state index contributed by atoms with van der Waals surface area (Å²) in [5, 5.41) is 3.30. The van der Waals surface area contributed by atoms with Crippen molar-refractivity contribution in [2.75, 3.05) is 26.2 Å². The smallest absolute Gasteiger partial charge is 0.253 e. The second-order valence-electron chi connectivity index (χ2n) is 9.98. The van der Waals surface area contributed by atoms with E-state index in [0.29, 0.717) is 0 Å². The van der Waals surface area contributed by atoms with Crippen LogP contribution < -0.4 is 5.32 Å². The molecule has 5 nitrogen and oxygen atoms in total. The highest BCUT2D eigenvalue weighted by atomic mass is 16.2. The number of piperazine rings is 1. The number of imidazole rings is 1. The lowest BCUT2D eigenvalue weighted by molar-refractivity contribution is 0.0736. The molecule has 0 bridgehead atoms. The number of benzene rings is 1. The van der Waals surface area contributed by atoms with Gasteiger partial charge in [0.05, 0.1) is 5.69 Å². The number of aromatic nitrogens is 2. The van der Waals surface area contributed by atoms with Crippen LogP contribution in [0.15, 0.2) is 30.5 Å². The second kappa shape index (κ2) is 8.93. The molecule has 1 saturated heterocycles. The van der Waals surface area contributed by atoms with Crippen molar-refractivity contribution in [2.45, 2.75) is 64.8 Å². The Morgan fingerprint density at radius 2 is 1.73 bits per heavy atom. The van der Waals surface area contributed by atoms with Crippen molar-refractivity contribution in [1.29, 1.82) is 0 Å². The number of rotatable bonds is 4. The fourth-order valence-corrected chi connectivity index (χ4v) is 4.77. The Bertz CT molecular complexity index is 850. The van der Waals surface area contributed by atoms with E-state index in [0.717, 1.165) is 61.3 Å². The quantitative estimate of drug-likeness (QED) is 0.812. The minimum absolute atomic E-state index is 0.00508. The van der Waals surface area contributed by atoms with E-state index in [1.165, 1.54) is 32.1 Å². The molecule has 1 N–H and O–H groups in total. The third kappa shape index (κ3) is 4.77. The van der Waals surface area contributed by atoms with Crippen LogP contribution in [0, 0.1) is 5.92 Å². The van der Waals surface area contributed by atoms with Gasteiger partial charge in [-0.05, 0) is 30.9 Å². The molecule has 1 saturated carbocycles. The molecule has 4 rings (SSSR count). The van der Waals surface area contributed by atoms with Gasteiger partial charge in [0.2, 0.25) is 0 Å². The fourth-order valence-electron chi connectivity index (χ4n) is 4.77. The molecule has 1 amide bonds. The predicted octanol–water partition coefficient (Wildman–Crippen LogP) is 4.47. The maximum atomic E-state index is 12.7. The number of amides is 1. The number of nitrogens with one attached hydrogen (secondary N) is 1. The van der Waals surface area contributed by atoms with Crippen LogP contribution in [0.2, 0.25) is 0 Å². The molecule has 0 radical (unpaired) electrons. The second-order valence-corrected chi connectivity index (χ2v) is 9.98. The minimum Gasteiger partial charge on any atom is -0.336 e. The van der Waals surface area contributed by atoms with Crippen molar-refractivity contribution in [3.63, 3.8) is 0 Å². The summed E-state index contributed by atoms with van der Waals surface area (Å²) in [4.78, 5) is 19.7. The van der Waals surface area contributed by atoms with Crippen molar-refractivity contribution >= 4 is 5.91 Å². The van der Waals surface area contributed by atoms with Gasteiger partial charge in [0.15, 0.2) is 0 Å². The van der Waals surface area contributed by atoms with Crippen LogP contribution in [0.25, 0.3) is 11.3 Å². The van der Waals surface area contributed by atoms with E-state index in [-0.39, 0.29) is 11.3 Å². The van der Waals surface area contributed by atoms with Crippen molar-refractivity contribution < 1.29 is 4.79 Å². The lowest BCUT2D eigenvalue weighted by Crippen LogP contribution is -2.46. The van der Waals surface area contributed by atoms with Crippen LogP contribution in [-0.2, 0) is 12.0 Å². The van der Waals surface area contributed by atoms with Gasteiger partial charge < -0.3 is 14.8 Å². The highest BCUT2D eigenvalue weighted by Gasteiger charge is 2.25. The molecule has 2 fully saturated rings. The van der Waals surface area contributed by atoms with E-state index in [2.05, 4.69) is 49.0 Å². The van der Waals surface area contributed by atoms with E-state index in [4.69, 9.17) is 4.98 Å². The van der Waals surface area contributed by atoms with Crippen LogP contribution in [0.3, 0.4) is 0 Å². The molecule has 1 aliphatic carbocycles. The number of hydrogen-bond donors (Lipinski definition) is 1. The molecule has 162 valence electrons. The first kappa shape index (κ1) is 21.1. The van der Waals surface area contributed by atoms with Gasteiger partial charge >= 0.3 is 0 Å². The van der Waals surface area contributed by atoms with Gasteiger partial charge in [-0.1, -0.05) is 52.2 Å². The lowest BCUT2D eigenvalue weighted by Gasteiger charge is -2.27. The third-order valence-corrected chi connectivity index (χ3v) is 6.46. The number of hydrogen-bond acceptors (Lipinski definition) is 3. The number of carbonyl (C=O) groups is 1. The summed E-state index contributed by atoms with van der Waals surface area (Å²) in [5.41, 5.74) is 2.86. The molecule has 1 aromatic heterocycles. The SMILES string of the molecule is CC(C)(C)c1nc(-c2ccc(C(=O)N3CCNCC3)cc2)cn1CC1CCCCC1. The van der Waals surface area contributed by atoms with Gasteiger partial charge in [-0.3, -0.25) is 4.79 Å². The summed E-state index contributed by atoms with van der Waals surface area (Å²) in [6.45, 7) is 11.1. The summed E-state index contributed by atoms with van der Waals surface area (Å²) >= 11 is 0. The average molecular weight is 409 g/mol. The predicted molar refractivity (Wildman–Crippen MR) is 122 cm³/mol. The van der Waals surface area contributed by atoms with Crippen molar-refractivity contribution in [3.05, 3.63) is 41.9 Å². The van der Waals surface area contributed by atoms with Crippen molar-refractivity contribution in [1.82, 2.24) is 19.8 Å². The Balaban J connectivity index is 1.54. The Kier molecular flexibility index (Phi) is 6.28. The normalized spacial score (nSPS) is 18.6. The molecular weight excluding hydrogens is 372 g/mol. The summed E-state index contributed by atoms with van der Waals surface area (Å²) < 4.78 is 2.39. The Morgan fingerprint density at radius 3 is 2.37 bits per heavy atom. The van der Waals surface area contributed by atoms with Crippen molar-refractivity contribution in [3.8, 4) is 11.3 Å². The molecule has 2 aromatic rings. The number of carbonyl (C=O) groups excluding carboxylic acids is 1. The zero-order valence-corrected chi connectivity index (χ0v) is 18.8. The summed E-state index contributed by atoms with van der Waals surface area (Å²) in [7, 11) is 0. The van der Waals surface area contributed by atoms with Crippen LogP contribution in [0.4, 0.5) is 0 Å². The Hall–Kier alpha value is -2.14. The Labute approximate surface area is 180 Å².